The van der Waals surface area contributed by atoms with Gasteiger partial charge >= 0.3 is 11.9 Å². The second-order valence-electron chi connectivity index (χ2n) is 2.62. The molecule has 0 aromatic heterocycles. The van der Waals surface area contributed by atoms with Crippen LogP contribution in [0.25, 0.3) is 0 Å². The van der Waals surface area contributed by atoms with Crippen LogP contribution in [0.1, 0.15) is 5.56 Å². The highest BCUT2D eigenvalue weighted by atomic mass is 19.3. The van der Waals surface area contributed by atoms with Gasteiger partial charge in [-0.05, 0) is 0 Å². The van der Waals surface area contributed by atoms with Crippen LogP contribution in [-0.2, 0) is 10.7 Å². The van der Waals surface area contributed by atoms with Gasteiger partial charge in [-0.15, -0.1) is 0 Å². The predicted molar refractivity (Wildman–Crippen MR) is 37.8 cm³/mol. The molecular weight excluding hydrogens is 223 g/mol. The molecule has 0 aliphatic carbocycles. The van der Waals surface area contributed by atoms with E-state index in [1.54, 1.807) is 0 Å². The van der Waals surface area contributed by atoms with E-state index in [2.05, 4.69) is 0 Å². The number of carbonyl (C=O) groups is 1. The zero-order chi connectivity index (χ0) is 11.8. The summed E-state index contributed by atoms with van der Waals surface area (Å²) in [6, 6.07) is -0.0372. The van der Waals surface area contributed by atoms with Crippen molar-refractivity contribution >= 4 is 5.97 Å². The van der Waals surface area contributed by atoms with Gasteiger partial charge in [-0.1, -0.05) is 0 Å². The lowest BCUT2D eigenvalue weighted by Gasteiger charge is -2.12. The molecule has 0 aliphatic rings. The molecule has 0 heterocycles. The zero-order valence-corrected chi connectivity index (χ0v) is 6.90. The summed E-state index contributed by atoms with van der Waals surface area (Å²) in [6.07, 6.45) is 0. The number of hydrogen-bond acceptors (Lipinski definition) is 1. The van der Waals surface area contributed by atoms with Crippen molar-refractivity contribution in [2.45, 2.75) is 5.92 Å². The van der Waals surface area contributed by atoms with Crippen LogP contribution >= 0.6 is 0 Å². The van der Waals surface area contributed by atoms with Crippen LogP contribution in [-0.4, -0.2) is 11.1 Å². The van der Waals surface area contributed by atoms with Crippen LogP contribution in [0.3, 0.4) is 0 Å². The molecule has 2 nitrogen and oxygen atoms in total. The molecule has 0 saturated carbocycles. The Morgan fingerprint density at radius 3 is 1.87 bits per heavy atom. The Hall–Kier alpha value is -1.66. The van der Waals surface area contributed by atoms with Crippen LogP contribution in [0.5, 0.6) is 0 Å². The van der Waals surface area contributed by atoms with E-state index in [1.165, 1.54) is 0 Å². The van der Waals surface area contributed by atoms with Gasteiger partial charge in [0.15, 0.2) is 0 Å². The summed E-state index contributed by atoms with van der Waals surface area (Å²) in [6.45, 7) is 0. The molecule has 0 saturated heterocycles. The quantitative estimate of drug-likeness (QED) is 0.785. The van der Waals surface area contributed by atoms with Gasteiger partial charge in [0, 0.05) is 12.1 Å². The SMILES string of the molecule is O=C(O)C(F)(F)c1c(F)cc(F)cc1F. The predicted octanol–water partition coefficient (Wildman–Crippen LogP) is 2.28. The third-order valence-electron chi connectivity index (χ3n) is 1.59. The van der Waals surface area contributed by atoms with Crippen molar-refractivity contribution in [3.8, 4) is 0 Å². The zero-order valence-electron chi connectivity index (χ0n) is 6.90. The lowest BCUT2D eigenvalue weighted by atomic mass is 10.1. The van der Waals surface area contributed by atoms with Gasteiger partial charge < -0.3 is 5.11 Å². The Balaban J connectivity index is 3.44. The summed E-state index contributed by atoms with van der Waals surface area (Å²) in [5.74, 6) is -12.7. The van der Waals surface area contributed by atoms with Crippen molar-refractivity contribution in [2.24, 2.45) is 0 Å². The first-order chi connectivity index (χ1) is 6.76. The highest BCUT2D eigenvalue weighted by Gasteiger charge is 2.46. The Kier molecular flexibility index (Phi) is 2.65. The highest BCUT2D eigenvalue weighted by molar-refractivity contribution is 5.77. The van der Waals surface area contributed by atoms with E-state index in [0.717, 1.165) is 0 Å². The number of rotatable bonds is 2. The fourth-order valence-electron chi connectivity index (χ4n) is 0.949. The molecule has 0 aliphatic heterocycles. The summed E-state index contributed by atoms with van der Waals surface area (Å²) in [4.78, 5) is 10.0. The molecule has 0 spiro atoms. The first-order valence-corrected chi connectivity index (χ1v) is 3.53. The number of alkyl halides is 2. The van der Waals surface area contributed by atoms with Gasteiger partial charge in [0.1, 0.15) is 23.0 Å². The summed E-state index contributed by atoms with van der Waals surface area (Å²) >= 11 is 0. The normalized spacial score (nSPS) is 11.5. The standard InChI is InChI=1S/C8H3F5O2/c9-3-1-4(10)6(5(11)2-3)8(12,13)7(14)15/h1-2H,(H,14,15). The fourth-order valence-corrected chi connectivity index (χ4v) is 0.949. The number of carboxylic acid groups (broad SMARTS) is 1. The van der Waals surface area contributed by atoms with E-state index >= 15 is 0 Å². The van der Waals surface area contributed by atoms with Gasteiger partial charge in [0.2, 0.25) is 0 Å². The maximum atomic E-state index is 12.7. The maximum absolute atomic E-state index is 12.7. The van der Waals surface area contributed by atoms with Gasteiger partial charge in [-0.3, -0.25) is 0 Å². The average Bonchev–Trinajstić information content (AvgIpc) is 2.00. The van der Waals surface area contributed by atoms with Crippen LogP contribution in [0.15, 0.2) is 12.1 Å². The fraction of sp³-hybridized carbons (Fsp3) is 0.125. The van der Waals surface area contributed by atoms with E-state index in [0.29, 0.717) is 0 Å². The number of benzene rings is 1. The number of halogens is 5. The molecule has 0 amide bonds. The van der Waals surface area contributed by atoms with Gasteiger partial charge in [-0.2, -0.15) is 8.78 Å². The van der Waals surface area contributed by atoms with E-state index in [1.807, 2.05) is 0 Å². The Labute approximate surface area is 79.9 Å². The molecule has 0 bridgehead atoms. The minimum atomic E-state index is -4.73. The van der Waals surface area contributed by atoms with Crippen molar-refractivity contribution in [3.05, 3.63) is 35.1 Å². The molecule has 0 atom stereocenters. The van der Waals surface area contributed by atoms with Crippen molar-refractivity contribution in [1.29, 1.82) is 0 Å². The third-order valence-corrected chi connectivity index (χ3v) is 1.59. The number of hydrogen-bond donors (Lipinski definition) is 1. The molecule has 1 aromatic rings. The summed E-state index contributed by atoms with van der Waals surface area (Å²) in [5.41, 5.74) is -1.98. The second-order valence-corrected chi connectivity index (χ2v) is 2.62. The van der Waals surface area contributed by atoms with E-state index in [9.17, 15) is 26.7 Å². The van der Waals surface area contributed by atoms with Crippen molar-refractivity contribution in [3.63, 3.8) is 0 Å². The lowest BCUT2D eigenvalue weighted by molar-refractivity contribution is -0.167. The van der Waals surface area contributed by atoms with Crippen LogP contribution < -0.4 is 0 Å². The molecule has 1 rings (SSSR count). The molecule has 15 heavy (non-hydrogen) atoms. The summed E-state index contributed by atoms with van der Waals surface area (Å²) in [5, 5.41) is 8.04. The van der Waals surface area contributed by atoms with Gasteiger partial charge in [0.05, 0.1) is 0 Å². The van der Waals surface area contributed by atoms with Crippen LogP contribution in [0.2, 0.25) is 0 Å². The molecule has 1 N–H and O–H groups in total. The Bertz CT molecular complexity index is 392. The second kappa shape index (κ2) is 3.48. The molecule has 82 valence electrons. The average molecular weight is 226 g/mol. The largest absolute Gasteiger partial charge is 0.477 e. The lowest BCUT2D eigenvalue weighted by Crippen LogP contribution is -2.28. The smallest absolute Gasteiger partial charge is 0.379 e. The van der Waals surface area contributed by atoms with Crippen molar-refractivity contribution < 1.29 is 31.9 Å². The van der Waals surface area contributed by atoms with E-state index < -0.39 is 34.9 Å². The first-order valence-electron chi connectivity index (χ1n) is 3.53. The molecular formula is C8H3F5O2. The van der Waals surface area contributed by atoms with Crippen LogP contribution in [0, 0.1) is 17.5 Å². The first kappa shape index (κ1) is 11.4. The minimum absolute atomic E-state index is 0.0186. The Morgan fingerprint density at radius 2 is 1.53 bits per heavy atom. The molecule has 0 radical (unpaired) electrons. The monoisotopic (exact) mass is 226 g/mol. The number of carboxylic acids is 1. The minimum Gasteiger partial charge on any atom is -0.477 e. The summed E-state index contributed by atoms with van der Waals surface area (Å²) in [7, 11) is 0. The van der Waals surface area contributed by atoms with Gasteiger partial charge in [-0.25, -0.2) is 18.0 Å². The molecule has 7 heteroatoms. The molecule has 0 fully saturated rings. The Morgan fingerprint density at radius 1 is 1.13 bits per heavy atom. The van der Waals surface area contributed by atoms with Crippen LogP contribution in [0.4, 0.5) is 22.0 Å². The van der Waals surface area contributed by atoms with E-state index in [-0.39, 0.29) is 12.1 Å². The van der Waals surface area contributed by atoms with Crippen molar-refractivity contribution in [1.82, 2.24) is 0 Å². The van der Waals surface area contributed by atoms with Gasteiger partial charge in [0.25, 0.3) is 0 Å². The number of aliphatic carboxylic acids is 1. The van der Waals surface area contributed by atoms with Crippen molar-refractivity contribution in [2.75, 3.05) is 0 Å². The highest BCUT2D eigenvalue weighted by Crippen LogP contribution is 2.32. The molecule has 1 aromatic carbocycles. The summed E-state index contributed by atoms with van der Waals surface area (Å²) < 4.78 is 63.3. The molecule has 0 unspecified atom stereocenters. The maximum Gasteiger partial charge on any atom is 0.379 e. The van der Waals surface area contributed by atoms with E-state index in [4.69, 9.17) is 5.11 Å². The topological polar surface area (TPSA) is 37.3 Å². The third kappa shape index (κ3) is 1.90.